The second kappa shape index (κ2) is 8.84. The number of benzene rings is 3. The predicted octanol–water partition coefficient (Wildman–Crippen LogP) is 7.22. The normalized spacial score (nSPS) is 11.8. The number of hydrogen-bond donors (Lipinski definition) is 0. The van der Waals surface area contributed by atoms with Crippen molar-refractivity contribution in [1.29, 1.82) is 0 Å². The van der Waals surface area contributed by atoms with Crippen molar-refractivity contribution in [3.8, 4) is 33.9 Å². The van der Waals surface area contributed by atoms with Crippen molar-refractivity contribution in [2.45, 2.75) is 12.7 Å². The summed E-state index contributed by atoms with van der Waals surface area (Å²) in [6.07, 6.45) is -1.33. The summed E-state index contributed by atoms with van der Waals surface area (Å²) in [6.45, 7) is 0.362. The molecule has 0 bridgehead atoms. The molecule has 0 saturated heterocycles. The number of imidazole rings is 1. The highest BCUT2D eigenvalue weighted by Crippen LogP contribution is 2.37. The van der Waals surface area contributed by atoms with Crippen molar-refractivity contribution in [3.63, 3.8) is 0 Å². The van der Waals surface area contributed by atoms with Gasteiger partial charge in [0, 0.05) is 4.47 Å². The minimum absolute atomic E-state index is 0.0119. The lowest BCUT2D eigenvalue weighted by Crippen LogP contribution is -2.06. The molecule has 5 rings (SSSR count). The Morgan fingerprint density at radius 1 is 0.857 bits per heavy atom. The molecule has 0 radical (unpaired) electrons. The molecule has 4 nitrogen and oxygen atoms in total. The predicted molar refractivity (Wildman–Crippen MR) is 123 cm³/mol. The number of hydrogen-bond acceptors (Lipinski definition) is 3. The van der Waals surface area contributed by atoms with Crippen LogP contribution in [0.4, 0.5) is 22.0 Å². The van der Waals surface area contributed by atoms with Gasteiger partial charge in [0.15, 0.2) is 17.5 Å². The Kier molecular flexibility index (Phi) is 5.84. The van der Waals surface area contributed by atoms with Crippen molar-refractivity contribution >= 4 is 15.9 Å². The van der Waals surface area contributed by atoms with E-state index in [-0.39, 0.29) is 15.9 Å². The molecule has 176 valence electrons. The Balaban J connectivity index is 1.38. The van der Waals surface area contributed by atoms with Crippen molar-refractivity contribution in [3.05, 3.63) is 100 Å². The maximum Gasteiger partial charge on any atom is 0.417 e. The van der Waals surface area contributed by atoms with Crippen LogP contribution >= 0.6 is 15.9 Å². The molecule has 0 fully saturated rings. The maximum absolute atomic E-state index is 14.1. The standard InChI is InChI=1S/C25H14BrF5N4/c26-19-9-8-16(10-18(19)25(29,30)31)15-6-4-14(5-7-15)12-35-13-22-21(11-32-35)33-24(34-22)17-2-1-3-20(27)23(17)28/h1-11,13H,12H2. The van der Waals surface area contributed by atoms with Crippen LogP contribution in [0.15, 0.2) is 77.5 Å². The Morgan fingerprint density at radius 3 is 2.31 bits per heavy atom. The van der Waals surface area contributed by atoms with Crippen LogP contribution in [0, 0.1) is 11.6 Å². The van der Waals surface area contributed by atoms with E-state index >= 15 is 0 Å². The van der Waals surface area contributed by atoms with E-state index < -0.39 is 23.4 Å². The quantitative estimate of drug-likeness (QED) is 0.224. The largest absolute Gasteiger partial charge is 0.417 e. The lowest BCUT2D eigenvalue weighted by atomic mass is 10.0. The fraction of sp³-hybridized carbons (Fsp3) is 0.0800. The van der Waals surface area contributed by atoms with Gasteiger partial charge in [-0.2, -0.15) is 18.3 Å². The van der Waals surface area contributed by atoms with Gasteiger partial charge in [0.05, 0.1) is 30.1 Å². The smallest absolute Gasteiger partial charge is 0.266 e. The van der Waals surface area contributed by atoms with Crippen LogP contribution in [-0.2, 0) is 12.7 Å². The molecular weight excluding hydrogens is 531 g/mol. The zero-order valence-corrected chi connectivity index (χ0v) is 19.3. The van der Waals surface area contributed by atoms with Crippen LogP contribution < -0.4 is 0 Å². The Labute approximate surface area is 204 Å². The highest BCUT2D eigenvalue weighted by atomic mass is 79.9. The molecule has 0 N–H and O–H groups in total. The van der Waals surface area contributed by atoms with Crippen molar-refractivity contribution in [2.75, 3.05) is 0 Å². The van der Waals surface area contributed by atoms with Crippen LogP contribution in [0.2, 0.25) is 0 Å². The molecule has 0 aromatic heterocycles. The molecule has 3 aromatic carbocycles. The van der Waals surface area contributed by atoms with Crippen LogP contribution in [0.25, 0.3) is 33.9 Å². The van der Waals surface area contributed by atoms with Crippen molar-refractivity contribution in [2.24, 2.45) is 0 Å². The molecule has 0 amide bonds. The molecule has 3 aromatic rings. The van der Waals surface area contributed by atoms with Crippen molar-refractivity contribution < 1.29 is 22.0 Å². The van der Waals surface area contributed by atoms with E-state index in [2.05, 4.69) is 31.0 Å². The molecule has 2 heterocycles. The number of rotatable bonds is 4. The Bertz CT molecular complexity index is 1500. The second-order valence-electron chi connectivity index (χ2n) is 7.78. The molecule has 2 aliphatic rings. The van der Waals surface area contributed by atoms with Crippen LogP contribution in [0.5, 0.6) is 0 Å². The Morgan fingerprint density at radius 2 is 1.57 bits per heavy atom. The third-order valence-electron chi connectivity index (χ3n) is 5.41. The lowest BCUT2D eigenvalue weighted by Gasteiger charge is -2.12. The minimum Gasteiger partial charge on any atom is -0.266 e. The first-order valence-corrected chi connectivity index (χ1v) is 11.1. The van der Waals surface area contributed by atoms with Crippen LogP contribution in [0.1, 0.15) is 11.1 Å². The van der Waals surface area contributed by atoms with Gasteiger partial charge in [-0.05, 0) is 41.0 Å². The summed E-state index contributed by atoms with van der Waals surface area (Å²) in [4.78, 5) is 8.53. The van der Waals surface area contributed by atoms with Crippen LogP contribution in [-0.4, -0.2) is 19.7 Å². The number of halogens is 6. The lowest BCUT2D eigenvalue weighted by molar-refractivity contribution is -0.138. The number of nitrogens with zero attached hydrogens (tertiary/aromatic N) is 4. The zero-order valence-electron chi connectivity index (χ0n) is 17.7. The number of aromatic nitrogens is 4. The molecular formula is C25H14BrF5N4. The molecule has 0 atom stereocenters. The molecule has 0 unspecified atom stereocenters. The first-order chi connectivity index (χ1) is 16.7. The van der Waals surface area contributed by atoms with Gasteiger partial charge < -0.3 is 0 Å². The summed E-state index contributed by atoms with van der Waals surface area (Å²) in [6, 6.07) is 15.0. The SMILES string of the molecule is Fc1cccc(-c2nc3cnn(Cc4ccc(-c5ccc(Br)c(C(F)(F)F)c5)cc4)cc-3n2)c1F. The average molecular weight is 545 g/mol. The minimum atomic E-state index is -4.46. The molecule has 2 aliphatic heterocycles. The van der Waals surface area contributed by atoms with Crippen molar-refractivity contribution in [1.82, 2.24) is 19.7 Å². The van der Waals surface area contributed by atoms with Gasteiger partial charge in [0.1, 0.15) is 11.4 Å². The fourth-order valence-corrected chi connectivity index (χ4v) is 4.13. The van der Waals surface area contributed by atoms with Gasteiger partial charge in [-0.15, -0.1) is 0 Å². The highest BCUT2D eigenvalue weighted by molar-refractivity contribution is 9.10. The van der Waals surface area contributed by atoms with E-state index in [0.29, 0.717) is 29.1 Å². The van der Waals surface area contributed by atoms with Gasteiger partial charge in [-0.1, -0.05) is 52.3 Å². The summed E-state index contributed by atoms with van der Waals surface area (Å²) < 4.78 is 68.9. The van der Waals surface area contributed by atoms with Gasteiger partial charge >= 0.3 is 6.18 Å². The first-order valence-electron chi connectivity index (χ1n) is 10.3. The monoisotopic (exact) mass is 544 g/mol. The molecule has 10 heteroatoms. The van der Waals surface area contributed by atoms with E-state index in [1.54, 1.807) is 41.2 Å². The average Bonchev–Trinajstić information content (AvgIpc) is 3.24. The highest BCUT2D eigenvalue weighted by Gasteiger charge is 2.33. The third-order valence-corrected chi connectivity index (χ3v) is 6.10. The van der Waals surface area contributed by atoms with Gasteiger partial charge in [-0.25, -0.2) is 18.7 Å². The van der Waals surface area contributed by atoms with E-state index in [1.807, 2.05) is 0 Å². The summed E-state index contributed by atoms with van der Waals surface area (Å²) in [5, 5.41) is 4.29. The summed E-state index contributed by atoms with van der Waals surface area (Å²) in [5.74, 6) is -1.93. The summed E-state index contributed by atoms with van der Waals surface area (Å²) in [7, 11) is 0. The third kappa shape index (κ3) is 4.66. The maximum atomic E-state index is 14.1. The molecule has 0 aliphatic carbocycles. The molecule has 35 heavy (non-hydrogen) atoms. The van der Waals surface area contributed by atoms with E-state index in [9.17, 15) is 22.0 Å². The topological polar surface area (TPSA) is 43.6 Å². The zero-order chi connectivity index (χ0) is 24.7. The molecule has 0 spiro atoms. The summed E-state index contributed by atoms with van der Waals surface area (Å²) >= 11 is 2.95. The first kappa shape index (κ1) is 23.1. The van der Waals surface area contributed by atoms with E-state index in [4.69, 9.17) is 0 Å². The van der Waals surface area contributed by atoms with Gasteiger partial charge in [0.25, 0.3) is 0 Å². The van der Waals surface area contributed by atoms with Crippen LogP contribution in [0.3, 0.4) is 0 Å². The number of fused-ring (bicyclic) bond motifs is 1. The fourth-order valence-electron chi connectivity index (χ4n) is 3.66. The Hall–Kier alpha value is -3.66. The van der Waals surface area contributed by atoms with E-state index in [1.165, 1.54) is 24.4 Å². The van der Waals surface area contributed by atoms with E-state index in [0.717, 1.165) is 17.7 Å². The molecule has 0 saturated carbocycles. The van der Waals surface area contributed by atoms with Gasteiger partial charge in [-0.3, -0.25) is 4.68 Å². The summed E-state index contributed by atoms with van der Waals surface area (Å²) in [5.41, 5.74) is 2.07. The second-order valence-corrected chi connectivity index (χ2v) is 8.63. The van der Waals surface area contributed by atoms with Gasteiger partial charge in [0.2, 0.25) is 0 Å². The number of alkyl halides is 3.